The Kier molecular flexibility index (Phi) is 2.27. The second-order valence-electron chi connectivity index (χ2n) is 3.48. The lowest BCUT2D eigenvalue weighted by molar-refractivity contribution is 0.254. The highest BCUT2D eigenvalue weighted by Gasteiger charge is 2.10. The minimum atomic E-state index is -0.428. The molecule has 0 aliphatic rings. The quantitative estimate of drug-likeness (QED) is 0.760. The Morgan fingerprint density at radius 2 is 2.21 bits per heavy atom. The summed E-state index contributed by atoms with van der Waals surface area (Å²) in [6.07, 6.45) is 0. The van der Waals surface area contributed by atoms with Crippen LogP contribution in [-0.2, 0) is 0 Å². The van der Waals surface area contributed by atoms with E-state index in [1.165, 1.54) is 0 Å². The normalized spacial score (nSPS) is 13.4. The third-order valence-electron chi connectivity index (χ3n) is 2.26. The third kappa shape index (κ3) is 1.52. The van der Waals surface area contributed by atoms with E-state index in [4.69, 9.17) is 15.3 Å². The SMILES string of the molecule is Cc1ccc2cc(C(N)CO)oc2c1. The number of benzene rings is 1. The molecule has 0 aliphatic carbocycles. The molecule has 3 heteroatoms. The summed E-state index contributed by atoms with van der Waals surface area (Å²) < 4.78 is 5.52. The second kappa shape index (κ2) is 3.44. The molecule has 0 bridgehead atoms. The molecule has 1 aromatic heterocycles. The van der Waals surface area contributed by atoms with E-state index >= 15 is 0 Å². The Hall–Kier alpha value is -1.32. The van der Waals surface area contributed by atoms with Gasteiger partial charge in [0, 0.05) is 5.39 Å². The first-order valence-electron chi connectivity index (χ1n) is 4.57. The maximum atomic E-state index is 8.88. The molecule has 1 atom stereocenters. The molecule has 2 aromatic rings. The average Bonchev–Trinajstić information content (AvgIpc) is 2.59. The summed E-state index contributed by atoms with van der Waals surface area (Å²) in [5.74, 6) is 0.633. The molecule has 0 radical (unpaired) electrons. The number of aryl methyl sites for hydroxylation is 1. The number of fused-ring (bicyclic) bond motifs is 1. The molecular weight excluding hydrogens is 178 g/mol. The van der Waals surface area contributed by atoms with E-state index in [2.05, 4.69) is 0 Å². The van der Waals surface area contributed by atoms with Crippen LogP contribution in [0.25, 0.3) is 11.0 Å². The van der Waals surface area contributed by atoms with Gasteiger partial charge in [0.2, 0.25) is 0 Å². The van der Waals surface area contributed by atoms with Gasteiger partial charge in [-0.3, -0.25) is 0 Å². The maximum absolute atomic E-state index is 8.88. The van der Waals surface area contributed by atoms with Crippen molar-refractivity contribution in [3.8, 4) is 0 Å². The second-order valence-corrected chi connectivity index (χ2v) is 3.48. The van der Waals surface area contributed by atoms with Gasteiger partial charge in [-0.25, -0.2) is 0 Å². The van der Waals surface area contributed by atoms with Crippen molar-refractivity contribution in [3.05, 3.63) is 35.6 Å². The molecule has 2 rings (SSSR count). The standard InChI is InChI=1S/C11H13NO2/c1-7-2-3-8-5-11(9(12)6-13)14-10(8)4-7/h2-5,9,13H,6,12H2,1H3. The van der Waals surface area contributed by atoms with Crippen LogP contribution in [0.15, 0.2) is 28.7 Å². The van der Waals surface area contributed by atoms with Crippen molar-refractivity contribution < 1.29 is 9.52 Å². The molecule has 0 amide bonds. The van der Waals surface area contributed by atoms with E-state index in [0.29, 0.717) is 5.76 Å². The molecule has 3 N–H and O–H groups in total. The summed E-state index contributed by atoms with van der Waals surface area (Å²) in [6, 6.07) is 7.41. The van der Waals surface area contributed by atoms with Gasteiger partial charge in [0.25, 0.3) is 0 Å². The number of aliphatic hydroxyl groups is 1. The van der Waals surface area contributed by atoms with Gasteiger partial charge in [-0.2, -0.15) is 0 Å². The van der Waals surface area contributed by atoms with Crippen molar-refractivity contribution >= 4 is 11.0 Å². The van der Waals surface area contributed by atoms with Crippen LogP contribution >= 0.6 is 0 Å². The minimum absolute atomic E-state index is 0.0984. The Bertz CT molecular complexity index is 447. The van der Waals surface area contributed by atoms with Crippen LogP contribution in [0.3, 0.4) is 0 Å². The fourth-order valence-corrected chi connectivity index (χ4v) is 1.43. The van der Waals surface area contributed by atoms with E-state index < -0.39 is 6.04 Å². The summed E-state index contributed by atoms with van der Waals surface area (Å²) in [4.78, 5) is 0. The lowest BCUT2D eigenvalue weighted by Gasteiger charge is -2.01. The van der Waals surface area contributed by atoms with Gasteiger partial charge in [0.05, 0.1) is 12.6 Å². The molecule has 14 heavy (non-hydrogen) atoms. The zero-order chi connectivity index (χ0) is 10.1. The largest absolute Gasteiger partial charge is 0.459 e. The Morgan fingerprint density at radius 1 is 1.43 bits per heavy atom. The molecule has 0 saturated heterocycles. The van der Waals surface area contributed by atoms with E-state index in [9.17, 15) is 0 Å². The van der Waals surface area contributed by atoms with Gasteiger partial charge < -0.3 is 15.3 Å². The Balaban J connectivity index is 2.51. The highest BCUT2D eigenvalue weighted by atomic mass is 16.3. The van der Waals surface area contributed by atoms with Gasteiger partial charge in [0.1, 0.15) is 11.3 Å². The number of furan rings is 1. The first-order valence-corrected chi connectivity index (χ1v) is 4.57. The minimum Gasteiger partial charge on any atom is -0.459 e. The number of aliphatic hydroxyl groups excluding tert-OH is 1. The maximum Gasteiger partial charge on any atom is 0.134 e. The van der Waals surface area contributed by atoms with Crippen molar-refractivity contribution in [2.45, 2.75) is 13.0 Å². The van der Waals surface area contributed by atoms with E-state index in [1.54, 1.807) is 0 Å². The van der Waals surface area contributed by atoms with Crippen LogP contribution in [0.4, 0.5) is 0 Å². The predicted octanol–water partition coefficient (Wildman–Crippen LogP) is 1.73. The fraction of sp³-hybridized carbons (Fsp3) is 0.273. The zero-order valence-electron chi connectivity index (χ0n) is 8.03. The Morgan fingerprint density at radius 3 is 2.93 bits per heavy atom. The molecule has 0 saturated carbocycles. The third-order valence-corrected chi connectivity index (χ3v) is 2.26. The van der Waals surface area contributed by atoms with E-state index in [-0.39, 0.29) is 6.61 Å². The van der Waals surface area contributed by atoms with Gasteiger partial charge in [-0.1, -0.05) is 12.1 Å². The molecule has 1 unspecified atom stereocenters. The smallest absolute Gasteiger partial charge is 0.134 e. The number of nitrogens with two attached hydrogens (primary N) is 1. The molecule has 0 spiro atoms. The fourth-order valence-electron chi connectivity index (χ4n) is 1.43. The number of hydrogen-bond acceptors (Lipinski definition) is 3. The van der Waals surface area contributed by atoms with E-state index in [0.717, 1.165) is 16.5 Å². The average molecular weight is 191 g/mol. The predicted molar refractivity (Wildman–Crippen MR) is 55.0 cm³/mol. The van der Waals surface area contributed by atoms with Gasteiger partial charge in [-0.05, 0) is 24.6 Å². The lowest BCUT2D eigenvalue weighted by atomic mass is 10.2. The molecule has 74 valence electrons. The van der Waals surface area contributed by atoms with Crippen molar-refractivity contribution in [1.82, 2.24) is 0 Å². The molecule has 0 fully saturated rings. The molecule has 1 aromatic carbocycles. The van der Waals surface area contributed by atoms with Gasteiger partial charge >= 0.3 is 0 Å². The van der Waals surface area contributed by atoms with Gasteiger partial charge in [-0.15, -0.1) is 0 Å². The molecule has 0 aliphatic heterocycles. The number of rotatable bonds is 2. The number of hydrogen-bond donors (Lipinski definition) is 2. The topological polar surface area (TPSA) is 59.4 Å². The first kappa shape index (κ1) is 9.24. The summed E-state index contributed by atoms with van der Waals surface area (Å²) in [5, 5.41) is 9.91. The first-order chi connectivity index (χ1) is 6.70. The van der Waals surface area contributed by atoms with E-state index in [1.807, 2.05) is 31.2 Å². The van der Waals surface area contributed by atoms with Crippen molar-refractivity contribution in [2.24, 2.45) is 5.73 Å². The molecule has 3 nitrogen and oxygen atoms in total. The van der Waals surface area contributed by atoms with Crippen LogP contribution < -0.4 is 5.73 Å². The van der Waals surface area contributed by atoms with Crippen LogP contribution in [0, 0.1) is 6.92 Å². The van der Waals surface area contributed by atoms with Gasteiger partial charge in [0.15, 0.2) is 0 Å². The highest BCUT2D eigenvalue weighted by molar-refractivity contribution is 5.78. The summed E-state index contributed by atoms with van der Waals surface area (Å²) >= 11 is 0. The summed E-state index contributed by atoms with van der Waals surface area (Å²) in [7, 11) is 0. The van der Waals surface area contributed by atoms with Crippen LogP contribution in [0.1, 0.15) is 17.4 Å². The van der Waals surface area contributed by atoms with Crippen molar-refractivity contribution in [2.75, 3.05) is 6.61 Å². The van der Waals surface area contributed by atoms with Crippen LogP contribution in [0.2, 0.25) is 0 Å². The summed E-state index contributed by atoms with van der Waals surface area (Å²) in [5.41, 5.74) is 7.62. The van der Waals surface area contributed by atoms with Crippen LogP contribution in [0.5, 0.6) is 0 Å². The summed E-state index contributed by atoms with van der Waals surface area (Å²) in [6.45, 7) is 1.91. The van der Waals surface area contributed by atoms with Crippen molar-refractivity contribution in [1.29, 1.82) is 0 Å². The monoisotopic (exact) mass is 191 g/mol. The highest BCUT2D eigenvalue weighted by Crippen LogP contribution is 2.23. The Labute approximate surface area is 82.1 Å². The zero-order valence-corrected chi connectivity index (χ0v) is 8.03. The van der Waals surface area contributed by atoms with Crippen molar-refractivity contribution in [3.63, 3.8) is 0 Å². The lowest BCUT2D eigenvalue weighted by Crippen LogP contribution is -2.13. The van der Waals surface area contributed by atoms with Crippen LogP contribution in [-0.4, -0.2) is 11.7 Å². The molecular formula is C11H13NO2. The molecule has 1 heterocycles.